The lowest BCUT2D eigenvalue weighted by Gasteiger charge is -2.04. The molecule has 0 aliphatic rings. The van der Waals surface area contributed by atoms with Gasteiger partial charge < -0.3 is 10.2 Å². The molecule has 0 unspecified atom stereocenters. The maximum atomic E-state index is 10.8. The molecule has 0 spiro atoms. The summed E-state index contributed by atoms with van der Waals surface area (Å²) >= 11 is 0. The molecule has 0 radical (unpaired) electrons. The van der Waals surface area contributed by atoms with Crippen molar-refractivity contribution in [3.63, 3.8) is 0 Å². The van der Waals surface area contributed by atoms with Crippen LogP contribution in [0.15, 0.2) is 29.4 Å². The highest BCUT2D eigenvalue weighted by Crippen LogP contribution is 2.14. The van der Waals surface area contributed by atoms with E-state index in [1.807, 2.05) is 0 Å². The third-order valence-corrected chi connectivity index (χ3v) is 1.81. The molecule has 0 aliphatic heterocycles. The number of hydrogen-bond acceptors (Lipinski definition) is 4. The number of nitrogens with zero attached hydrogens (tertiary/aromatic N) is 1. The van der Waals surface area contributed by atoms with E-state index in [0.29, 0.717) is 0 Å². The SMILES string of the molecule is C/C(=N\Nc1ccccc1C(=O)O)C(=O)O. The van der Waals surface area contributed by atoms with Gasteiger partial charge in [0.2, 0.25) is 0 Å². The number of carboxylic acids is 2. The van der Waals surface area contributed by atoms with Crippen LogP contribution in [-0.4, -0.2) is 27.9 Å². The van der Waals surface area contributed by atoms with E-state index in [-0.39, 0.29) is 17.0 Å². The van der Waals surface area contributed by atoms with Gasteiger partial charge in [-0.3, -0.25) is 5.43 Å². The first-order valence-electron chi connectivity index (χ1n) is 4.38. The third-order valence-electron chi connectivity index (χ3n) is 1.81. The molecule has 16 heavy (non-hydrogen) atoms. The van der Waals surface area contributed by atoms with Crippen LogP contribution in [0.4, 0.5) is 5.69 Å². The maximum absolute atomic E-state index is 10.8. The van der Waals surface area contributed by atoms with Gasteiger partial charge in [0.25, 0.3) is 0 Å². The van der Waals surface area contributed by atoms with Crippen molar-refractivity contribution in [1.29, 1.82) is 0 Å². The Kier molecular flexibility index (Phi) is 3.60. The summed E-state index contributed by atoms with van der Waals surface area (Å²) in [5.74, 6) is -2.27. The molecule has 1 aromatic carbocycles. The van der Waals surface area contributed by atoms with Crippen LogP contribution in [0, 0.1) is 0 Å². The first kappa shape index (κ1) is 11.7. The summed E-state index contributed by atoms with van der Waals surface area (Å²) in [7, 11) is 0. The van der Waals surface area contributed by atoms with E-state index >= 15 is 0 Å². The molecule has 84 valence electrons. The number of aliphatic carboxylic acids is 1. The van der Waals surface area contributed by atoms with Gasteiger partial charge in [-0.15, -0.1) is 0 Å². The summed E-state index contributed by atoms with van der Waals surface area (Å²) in [6.45, 7) is 1.30. The molecule has 0 aliphatic carbocycles. The molecule has 3 N–H and O–H groups in total. The van der Waals surface area contributed by atoms with Crippen molar-refractivity contribution in [2.24, 2.45) is 5.10 Å². The molecule has 1 rings (SSSR count). The number of carbonyl (C=O) groups is 2. The van der Waals surface area contributed by atoms with Crippen LogP contribution in [-0.2, 0) is 4.79 Å². The lowest BCUT2D eigenvalue weighted by atomic mass is 10.2. The predicted molar refractivity (Wildman–Crippen MR) is 57.8 cm³/mol. The number of anilines is 1. The summed E-state index contributed by atoms with van der Waals surface area (Å²) in [4.78, 5) is 21.2. The molecule has 0 amide bonds. The van der Waals surface area contributed by atoms with Gasteiger partial charge in [-0.2, -0.15) is 5.10 Å². The monoisotopic (exact) mass is 222 g/mol. The van der Waals surface area contributed by atoms with Crippen molar-refractivity contribution in [2.75, 3.05) is 5.43 Å². The van der Waals surface area contributed by atoms with Gasteiger partial charge in [-0.05, 0) is 19.1 Å². The Balaban J connectivity index is 2.94. The summed E-state index contributed by atoms with van der Waals surface area (Å²) in [6, 6.07) is 6.10. The zero-order valence-corrected chi connectivity index (χ0v) is 8.47. The Morgan fingerprint density at radius 1 is 1.25 bits per heavy atom. The fourth-order valence-electron chi connectivity index (χ4n) is 0.959. The highest BCUT2D eigenvalue weighted by atomic mass is 16.4. The van der Waals surface area contributed by atoms with Crippen LogP contribution in [0.25, 0.3) is 0 Å². The summed E-state index contributed by atoms with van der Waals surface area (Å²) < 4.78 is 0. The quantitative estimate of drug-likeness (QED) is 0.526. The number of rotatable bonds is 4. The molecule has 0 heterocycles. The van der Waals surface area contributed by atoms with Gasteiger partial charge in [0.1, 0.15) is 5.71 Å². The molecule has 6 heteroatoms. The molecule has 6 nitrogen and oxygen atoms in total. The van der Waals surface area contributed by atoms with E-state index in [1.54, 1.807) is 12.1 Å². The lowest BCUT2D eigenvalue weighted by molar-refractivity contribution is -0.129. The van der Waals surface area contributed by atoms with Gasteiger partial charge in [0.15, 0.2) is 0 Å². The Bertz CT molecular complexity index is 454. The number of para-hydroxylation sites is 1. The largest absolute Gasteiger partial charge is 0.478 e. The van der Waals surface area contributed by atoms with Gasteiger partial charge in [-0.25, -0.2) is 9.59 Å². The minimum Gasteiger partial charge on any atom is -0.478 e. The molecule has 0 saturated carbocycles. The van der Waals surface area contributed by atoms with Crippen molar-refractivity contribution < 1.29 is 19.8 Å². The van der Waals surface area contributed by atoms with E-state index in [0.717, 1.165) is 0 Å². The molecule has 0 atom stereocenters. The van der Waals surface area contributed by atoms with Crippen molar-refractivity contribution in [2.45, 2.75) is 6.92 Å². The van der Waals surface area contributed by atoms with Crippen molar-refractivity contribution in [3.8, 4) is 0 Å². The number of benzene rings is 1. The van der Waals surface area contributed by atoms with Crippen LogP contribution in [0.1, 0.15) is 17.3 Å². The van der Waals surface area contributed by atoms with Gasteiger partial charge in [0.05, 0.1) is 11.3 Å². The smallest absolute Gasteiger partial charge is 0.351 e. The highest BCUT2D eigenvalue weighted by molar-refractivity contribution is 6.34. The first-order valence-corrected chi connectivity index (χ1v) is 4.38. The highest BCUT2D eigenvalue weighted by Gasteiger charge is 2.08. The second-order valence-electron chi connectivity index (χ2n) is 2.96. The molecule has 0 fully saturated rings. The van der Waals surface area contributed by atoms with E-state index in [4.69, 9.17) is 10.2 Å². The van der Waals surface area contributed by atoms with Gasteiger partial charge >= 0.3 is 11.9 Å². The predicted octanol–water partition coefficient (Wildman–Crippen LogP) is 1.26. The standard InChI is InChI=1S/C10H10N2O4/c1-6(9(13)14)11-12-8-5-3-2-4-7(8)10(15)16/h2-5,12H,1H3,(H,13,14)(H,15,16)/b11-6+. The van der Waals surface area contributed by atoms with Gasteiger partial charge in [0, 0.05) is 0 Å². The summed E-state index contributed by atoms with van der Waals surface area (Å²) in [6.07, 6.45) is 0. The van der Waals surface area contributed by atoms with E-state index < -0.39 is 11.9 Å². The van der Waals surface area contributed by atoms with E-state index in [2.05, 4.69) is 10.5 Å². The van der Waals surface area contributed by atoms with Crippen molar-refractivity contribution in [1.82, 2.24) is 0 Å². The van der Waals surface area contributed by atoms with Crippen LogP contribution in [0.5, 0.6) is 0 Å². The van der Waals surface area contributed by atoms with Gasteiger partial charge in [-0.1, -0.05) is 12.1 Å². The van der Waals surface area contributed by atoms with Crippen LogP contribution < -0.4 is 5.43 Å². The molecule has 0 bridgehead atoms. The number of hydrazone groups is 1. The third kappa shape index (κ3) is 2.81. The van der Waals surface area contributed by atoms with E-state index in [1.165, 1.54) is 19.1 Å². The Hall–Kier alpha value is -2.37. The van der Waals surface area contributed by atoms with Crippen LogP contribution in [0.3, 0.4) is 0 Å². The lowest BCUT2D eigenvalue weighted by Crippen LogP contribution is -2.11. The second kappa shape index (κ2) is 4.92. The van der Waals surface area contributed by atoms with Crippen LogP contribution in [0.2, 0.25) is 0 Å². The summed E-state index contributed by atoms with van der Waals surface area (Å²) in [5.41, 5.74) is 2.53. The average Bonchev–Trinajstić information content (AvgIpc) is 2.25. The number of carboxylic acid groups (broad SMARTS) is 2. The minimum absolute atomic E-state index is 0.0319. The molecular formula is C10H10N2O4. The van der Waals surface area contributed by atoms with E-state index in [9.17, 15) is 9.59 Å². The Labute approximate surface area is 91.2 Å². The number of hydrogen-bond donors (Lipinski definition) is 3. The maximum Gasteiger partial charge on any atom is 0.351 e. The Morgan fingerprint density at radius 2 is 1.88 bits per heavy atom. The topological polar surface area (TPSA) is 99.0 Å². The molecular weight excluding hydrogens is 212 g/mol. The zero-order chi connectivity index (χ0) is 12.1. The Morgan fingerprint density at radius 3 is 2.44 bits per heavy atom. The average molecular weight is 222 g/mol. The fraction of sp³-hybridized carbons (Fsp3) is 0.100. The molecule has 0 aromatic heterocycles. The number of aromatic carboxylic acids is 1. The first-order chi connectivity index (χ1) is 7.52. The second-order valence-corrected chi connectivity index (χ2v) is 2.96. The molecule has 0 saturated heterocycles. The van der Waals surface area contributed by atoms with Crippen molar-refractivity contribution in [3.05, 3.63) is 29.8 Å². The number of nitrogens with one attached hydrogen (secondary N) is 1. The fourth-order valence-corrected chi connectivity index (χ4v) is 0.959. The van der Waals surface area contributed by atoms with Crippen LogP contribution >= 0.6 is 0 Å². The molecule has 1 aromatic rings. The zero-order valence-electron chi connectivity index (χ0n) is 8.47. The van der Waals surface area contributed by atoms with Crippen molar-refractivity contribution >= 4 is 23.3 Å². The normalized spacial score (nSPS) is 10.9. The minimum atomic E-state index is -1.17. The summed E-state index contributed by atoms with van der Waals surface area (Å²) in [5, 5.41) is 20.9.